The van der Waals surface area contributed by atoms with Crippen molar-refractivity contribution in [1.82, 2.24) is 6.15 Å². The molecule has 0 aliphatic carbocycles. The second-order valence-electron chi connectivity index (χ2n) is 10.0. The molecule has 0 saturated carbocycles. The molecule has 0 spiro atoms. The predicted molar refractivity (Wildman–Crippen MR) is 181 cm³/mol. The average molecular weight is 793 g/mol. The first-order valence-electron chi connectivity index (χ1n) is 13.5. The Morgan fingerprint density at radius 2 is 0.942 bits per heavy atom. The van der Waals surface area contributed by atoms with E-state index in [9.17, 15) is 44.0 Å². The van der Waals surface area contributed by atoms with Gasteiger partial charge in [0.15, 0.2) is 34.8 Å². The molecular formula is C32H29ClF4N2O11S2. The molecule has 4 aromatic carbocycles. The van der Waals surface area contributed by atoms with E-state index in [1.54, 1.807) is 0 Å². The molecule has 0 bridgehead atoms. The molecule has 20 heteroatoms. The molecule has 4 rings (SSSR count). The van der Waals surface area contributed by atoms with Gasteiger partial charge in [-0.3, -0.25) is 0 Å². The van der Waals surface area contributed by atoms with Crippen LogP contribution in [0.2, 0.25) is 0 Å². The van der Waals surface area contributed by atoms with Gasteiger partial charge in [0.25, 0.3) is 9.05 Å². The van der Waals surface area contributed by atoms with E-state index < -0.39 is 65.8 Å². The zero-order valence-corrected chi connectivity index (χ0v) is 29.1. The van der Waals surface area contributed by atoms with Gasteiger partial charge < -0.3 is 31.3 Å². The smallest absolute Gasteiger partial charge is 0.331 e. The van der Waals surface area contributed by atoms with Crippen LogP contribution in [-0.2, 0) is 28.7 Å². The van der Waals surface area contributed by atoms with Gasteiger partial charge in [-0.05, 0) is 110 Å². The molecule has 0 radical (unpaired) electrons. The normalized spacial score (nSPS) is 11.6. The highest BCUT2D eigenvalue weighted by molar-refractivity contribution is 8.13. The highest BCUT2D eigenvalue weighted by Gasteiger charge is 2.17. The van der Waals surface area contributed by atoms with Crippen LogP contribution in [0.25, 0.3) is 12.2 Å². The summed E-state index contributed by atoms with van der Waals surface area (Å²) in [6.45, 7) is 2.57. The van der Waals surface area contributed by atoms with Crippen molar-refractivity contribution in [2.45, 2.75) is 23.6 Å². The van der Waals surface area contributed by atoms with Crippen molar-refractivity contribution in [2.75, 3.05) is 0 Å². The molecule has 0 aliphatic heterocycles. The number of aliphatic carboxylic acids is 2. The van der Waals surface area contributed by atoms with Gasteiger partial charge in [0.05, 0.1) is 9.79 Å². The fourth-order valence-corrected chi connectivity index (χ4v) is 5.03. The minimum Gasteiger partial charge on any atom is -0.478 e. The summed E-state index contributed by atoms with van der Waals surface area (Å²) < 4.78 is 111. The Labute approximate surface area is 298 Å². The zero-order valence-electron chi connectivity index (χ0n) is 26.7. The average Bonchev–Trinajstić information content (AvgIpc) is 3.00. The Morgan fingerprint density at radius 3 is 1.19 bits per heavy atom. The third-order valence-corrected chi connectivity index (χ3v) is 8.48. The van der Waals surface area contributed by atoms with E-state index in [2.05, 4.69) is 0 Å². The molecule has 0 aliphatic rings. The topological polar surface area (TPSA) is 254 Å². The van der Waals surface area contributed by atoms with E-state index in [1.165, 1.54) is 38.1 Å². The molecule has 52 heavy (non-hydrogen) atoms. The molecule has 9 N–H and O–H groups in total. The van der Waals surface area contributed by atoms with Crippen LogP contribution in [0.3, 0.4) is 0 Å². The summed E-state index contributed by atoms with van der Waals surface area (Å²) >= 11 is 0. The molecular weight excluding hydrogens is 764 g/mol. The van der Waals surface area contributed by atoms with E-state index in [-0.39, 0.29) is 55.2 Å². The number of hydrogen-bond donors (Lipinski definition) is 4. The molecule has 0 atom stereocenters. The third-order valence-electron chi connectivity index (χ3n) is 6.18. The number of primary sulfonamides is 1. The summed E-state index contributed by atoms with van der Waals surface area (Å²) in [6.07, 6.45) is 2.22. The maximum absolute atomic E-state index is 14.1. The Balaban J connectivity index is 0.000000501. The highest BCUT2D eigenvalue weighted by Crippen LogP contribution is 2.31. The maximum Gasteiger partial charge on any atom is 0.331 e. The highest BCUT2D eigenvalue weighted by atomic mass is 35.7. The second-order valence-corrected chi connectivity index (χ2v) is 14.1. The summed E-state index contributed by atoms with van der Waals surface area (Å²) in [5.74, 6) is -8.01. The number of ether oxygens (including phenoxy) is 2. The Bertz CT molecular complexity index is 2030. The molecule has 0 fully saturated rings. The molecule has 0 heterocycles. The molecule has 0 aromatic heterocycles. The van der Waals surface area contributed by atoms with Gasteiger partial charge in [-0.15, -0.1) is 0 Å². The lowest BCUT2D eigenvalue weighted by Gasteiger charge is -2.09. The zero-order chi connectivity index (χ0) is 37.6. The minimum atomic E-state index is -3.92. The quantitative estimate of drug-likeness (QED) is 0.0776. The number of hydrogen-bond acceptors (Lipinski definition) is 9. The summed E-state index contributed by atoms with van der Waals surface area (Å²) in [4.78, 5) is 21.1. The van der Waals surface area contributed by atoms with Crippen molar-refractivity contribution in [1.29, 1.82) is 0 Å². The molecule has 4 aromatic rings. The third kappa shape index (κ3) is 12.5. The maximum atomic E-state index is 14.1. The lowest BCUT2D eigenvalue weighted by Crippen LogP contribution is -2.11. The molecule has 0 saturated heterocycles. The van der Waals surface area contributed by atoms with E-state index in [1.807, 2.05) is 0 Å². The predicted octanol–water partition coefficient (Wildman–Crippen LogP) is 6.40. The number of nitrogens with two attached hydrogens (primary N) is 1. The largest absolute Gasteiger partial charge is 0.478 e. The van der Waals surface area contributed by atoms with Gasteiger partial charge >= 0.3 is 11.9 Å². The second kappa shape index (κ2) is 18.3. The van der Waals surface area contributed by atoms with Crippen LogP contribution in [-0.4, -0.2) is 44.5 Å². The first kappa shape index (κ1) is 44.7. The van der Waals surface area contributed by atoms with Crippen LogP contribution in [0.4, 0.5) is 17.6 Å². The summed E-state index contributed by atoms with van der Waals surface area (Å²) in [5, 5.41) is 22.5. The van der Waals surface area contributed by atoms with Crippen LogP contribution < -0.4 is 20.8 Å². The fraction of sp³-hybridized carbons (Fsp3) is 0.0625. The van der Waals surface area contributed by atoms with E-state index >= 15 is 0 Å². The van der Waals surface area contributed by atoms with Crippen molar-refractivity contribution >= 4 is 53.8 Å². The Hall–Kier alpha value is -5.31. The lowest BCUT2D eigenvalue weighted by atomic mass is 10.1. The summed E-state index contributed by atoms with van der Waals surface area (Å²) in [5.41, 5.74) is -0.144. The van der Waals surface area contributed by atoms with Crippen LogP contribution in [0.5, 0.6) is 23.0 Å². The monoisotopic (exact) mass is 792 g/mol. The number of carboxylic acid groups (broad SMARTS) is 2. The first-order valence-corrected chi connectivity index (χ1v) is 17.4. The van der Waals surface area contributed by atoms with Crippen LogP contribution in [0.15, 0.2) is 93.7 Å². The van der Waals surface area contributed by atoms with Gasteiger partial charge in [0.1, 0.15) is 11.5 Å². The SMILES string of the molecule is C/C(=C\c1cc(F)c(Oc2ccc(S(=O)(=O)Cl)cc2)c(F)c1)C(=O)O.C/C(=C\c1cc(F)c(Oc2ccc(S(N)(=O)=O)cc2)c(F)c1)C(=O)O.N.O. The van der Waals surface area contributed by atoms with E-state index in [4.69, 9.17) is 35.5 Å². The Morgan fingerprint density at radius 1 is 0.654 bits per heavy atom. The van der Waals surface area contributed by atoms with Gasteiger partial charge in [-0.2, -0.15) is 0 Å². The standard InChI is InChI=1S/C16H11ClF2O5S.C16H13F2NO5S.H3N.H2O/c1-9(16(20)21)6-10-7-13(18)15(14(19)8-10)24-11-2-4-12(5-3-11)25(17,22)23;1-9(16(20)21)6-10-7-13(17)15(14(18)8-10)24-11-2-4-12(5-3-11)25(19,22)23;;/h2-8H,1H3,(H,20,21);2-8H,1H3,(H,20,21)(H2,19,22,23);1H3;1H2/b2*9-6+;;. The summed E-state index contributed by atoms with van der Waals surface area (Å²) in [7, 11) is -2.64. The summed E-state index contributed by atoms with van der Waals surface area (Å²) in [6, 6.07) is 13.0. The van der Waals surface area contributed by atoms with E-state index in [0.717, 1.165) is 60.7 Å². The van der Waals surface area contributed by atoms with Crippen molar-refractivity contribution in [2.24, 2.45) is 5.14 Å². The first-order chi connectivity index (χ1) is 23.1. The number of halogens is 5. The number of sulfonamides is 1. The van der Waals surface area contributed by atoms with Crippen LogP contribution >= 0.6 is 10.7 Å². The number of carbonyl (C=O) groups is 2. The van der Waals surface area contributed by atoms with Gasteiger partial charge in [-0.25, -0.2) is 49.1 Å². The van der Waals surface area contributed by atoms with Crippen molar-refractivity contribution in [3.63, 3.8) is 0 Å². The lowest BCUT2D eigenvalue weighted by molar-refractivity contribution is -0.133. The Kier molecular flexibility index (Phi) is 15.7. The molecule has 0 unspecified atom stereocenters. The minimum absolute atomic E-state index is 0. The van der Waals surface area contributed by atoms with Gasteiger partial charge in [0, 0.05) is 21.8 Å². The number of benzene rings is 4. The van der Waals surface area contributed by atoms with Crippen molar-refractivity contribution in [3.05, 3.63) is 118 Å². The van der Waals surface area contributed by atoms with Crippen LogP contribution in [0.1, 0.15) is 25.0 Å². The molecule has 13 nitrogen and oxygen atoms in total. The molecule has 0 amide bonds. The molecule has 280 valence electrons. The number of rotatable bonds is 10. The van der Waals surface area contributed by atoms with E-state index in [0.29, 0.717) is 0 Å². The van der Waals surface area contributed by atoms with Crippen LogP contribution in [0, 0.1) is 23.3 Å². The fourth-order valence-electron chi connectivity index (χ4n) is 3.75. The van der Waals surface area contributed by atoms with Gasteiger partial charge in [-0.1, -0.05) is 0 Å². The van der Waals surface area contributed by atoms with Crippen molar-refractivity contribution < 1.29 is 69.1 Å². The number of carboxylic acids is 2. The van der Waals surface area contributed by atoms with Gasteiger partial charge in [0.2, 0.25) is 10.0 Å². The van der Waals surface area contributed by atoms with Crippen molar-refractivity contribution in [3.8, 4) is 23.0 Å².